The molecule has 1 aromatic carbocycles. The highest BCUT2D eigenvalue weighted by atomic mass is 33.1. The molecule has 0 N–H and O–H groups in total. The van der Waals surface area contributed by atoms with Gasteiger partial charge in [0.25, 0.3) is 5.69 Å². The molecule has 0 aliphatic carbocycles. The quantitative estimate of drug-likeness (QED) is 0.472. The molecule has 0 amide bonds. The van der Waals surface area contributed by atoms with E-state index in [-0.39, 0.29) is 5.69 Å². The second-order valence-electron chi connectivity index (χ2n) is 2.73. The number of hydrogen-bond acceptors (Lipinski definition) is 5. The zero-order valence-corrected chi connectivity index (χ0v) is 10.2. The third-order valence-electron chi connectivity index (χ3n) is 1.70. The summed E-state index contributed by atoms with van der Waals surface area (Å²) in [4.78, 5) is 10.0. The second kappa shape index (κ2) is 5.05. The fourth-order valence-corrected chi connectivity index (χ4v) is 7.70. The minimum absolute atomic E-state index is 0.0989. The van der Waals surface area contributed by atoms with Crippen molar-refractivity contribution < 1.29 is 9.45 Å². The van der Waals surface area contributed by atoms with Crippen LogP contribution in [0, 0.1) is 10.1 Å². The van der Waals surface area contributed by atoms with E-state index >= 15 is 0 Å². The van der Waals surface area contributed by atoms with Crippen molar-refractivity contribution in [2.24, 2.45) is 0 Å². The van der Waals surface area contributed by atoms with Gasteiger partial charge in [-0.15, -0.1) is 0 Å². The normalized spacial score (nSPS) is 16.5. The average molecular weight is 261 g/mol. The summed E-state index contributed by atoms with van der Waals surface area (Å²) in [7, 11) is 0. The van der Waals surface area contributed by atoms with Crippen LogP contribution in [0.15, 0.2) is 24.3 Å². The molecule has 1 aromatic rings. The summed E-state index contributed by atoms with van der Waals surface area (Å²) in [5, 5.41) is 10.4. The predicted octanol–water partition coefficient (Wildman–Crippen LogP) is 3.68. The molecule has 4 nitrogen and oxygen atoms in total. The molecular weight excluding hydrogens is 253 g/mol. The van der Waals surface area contributed by atoms with E-state index in [2.05, 4.69) is 0 Å². The molecule has 15 heavy (non-hydrogen) atoms. The van der Waals surface area contributed by atoms with Crippen molar-refractivity contribution in [3.8, 4) is 5.75 Å². The summed E-state index contributed by atoms with van der Waals surface area (Å²) in [5.41, 5.74) is 0.0989. The molecule has 1 fully saturated rings. The third kappa shape index (κ3) is 3.00. The Kier molecular flexibility index (Phi) is 3.72. The Labute approximate surface area is 96.3 Å². The molecule has 1 aliphatic rings. The minimum Gasteiger partial charge on any atom is -0.453 e. The molecule has 7 heteroatoms. The second-order valence-corrected chi connectivity index (χ2v) is 8.93. The van der Waals surface area contributed by atoms with Crippen molar-refractivity contribution >= 4 is 35.0 Å². The van der Waals surface area contributed by atoms with E-state index in [4.69, 9.17) is 4.52 Å². The van der Waals surface area contributed by atoms with E-state index in [1.807, 2.05) is 22.8 Å². The topological polar surface area (TPSA) is 52.4 Å². The fourth-order valence-electron chi connectivity index (χ4n) is 1.03. The van der Waals surface area contributed by atoms with Crippen molar-refractivity contribution in [3.63, 3.8) is 0 Å². The first-order valence-electron chi connectivity index (χ1n) is 4.24. The molecule has 0 unspecified atom stereocenters. The van der Waals surface area contributed by atoms with Gasteiger partial charge < -0.3 is 4.52 Å². The Bertz CT molecular complexity index is 353. The Morgan fingerprint density at radius 3 is 2.40 bits per heavy atom. The lowest BCUT2D eigenvalue weighted by molar-refractivity contribution is -0.384. The van der Waals surface area contributed by atoms with Gasteiger partial charge in [-0.3, -0.25) is 10.1 Å². The Morgan fingerprint density at radius 1 is 1.27 bits per heavy atom. The van der Waals surface area contributed by atoms with Crippen LogP contribution < -0.4 is 4.52 Å². The monoisotopic (exact) mass is 261 g/mol. The summed E-state index contributed by atoms with van der Waals surface area (Å²) in [6, 6.07) is 6.24. The van der Waals surface area contributed by atoms with Gasteiger partial charge in [-0.2, -0.15) is 0 Å². The number of nitro benzene ring substituents is 1. The van der Waals surface area contributed by atoms with Crippen LogP contribution in [-0.4, -0.2) is 16.4 Å². The van der Waals surface area contributed by atoms with Crippen molar-refractivity contribution in [2.45, 2.75) is 0 Å². The summed E-state index contributed by atoms with van der Waals surface area (Å²) in [5.74, 6) is 2.97. The van der Waals surface area contributed by atoms with Gasteiger partial charge in [-0.05, 0) is 12.1 Å². The van der Waals surface area contributed by atoms with Crippen LogP contribution in [0.3, 0.4) is 0 Å². The number of nitro groups is 1. The van der Waals surface area contributed by atoms with Crippen LogP contribution in [0.2, 0.25) is 0 Å². The zero-order chi connectivity index (χ0) is 10.7. The molecule has 0 atom stereocenters. The molecule has 0 spiro atoms. The van der Waals surface area contributed by atoms with E-state index in [0.717, 1.165) is 11.5 Å². The molecule has 1 saturated heterocycles. The predicted molar refractivity (Wildman–Crippen MR) is 65.6 cm³/mol. The molecule has 2 rings (SSSR count). The van der Waals surface area contributed by atoms with Gasteiger partial charge in [-0.1, -0.05) is 22.8 Å². The van der Waals surface area contributed by atoms with Crippen LogP contribution >= 0.6 is 29.3 Å². The first-order valence-corrected chi connectivity index (χ1v) is 8.68. The maximum absolute atomic E-state index is 10.4. The number of nitrogens with zero attached hydrogens (tertiary/aromatic N) is 1. The fraction of sp³-hybridized carbons (Fsp3) is 0.250. The highest BCUT2D eigenvalue weighted by Gasteiger charge is 2.19. The number of benzene rings is 1. The summed E-state index contributed by atoms with van der Waals surface area (Å²) >= 11 is 3.64. The number of non-ortho nitro benzene ring substituents is 1. The van der Waals surface area contributed by atoms with Gasteiger partial charge in [0.05, 0.1) is 4.92 Å². The van der Waals surface area contributed by atoms with Gasteiger partial charge in [0, 0.05) is 23.6 Å². The summed E-state index contributed by atoms with van der Waals surface area (Å²) in [6.45, 7) is -0.483. The van der Waals surface area contributed by atoms with Crippen LogP contribution in [-0.2, 0) is 0 Å². The number of hydrogen-bond donors (Lipinski definition) is 0. The van der Waals surface area contributed by atoms with Crippen molar-refractivity contribution in [1.82, 2.24) is 0 Å². The maximum Gasteiger partial charge on any atom is 0.269 e. The van der Waals surface area contributed by atoms with Gasteiger partial charge in [0.15, 0.2) is 0 Å². The number of rotatable bonds is 3. The lowest BCUT2D eigenvalue weighted by atomic mass is 10.3. The smallest absolute Gasteiger partial charge is 0.269 e. The standard InChI is InChI=1S/C8H8NO3PS2/c10-9(11)7-1-3-8(4-2-7)12-13-14-5-6-15-13/h1-4H,5-6H2. The van der Waals surface area contributed by atoms with Crippen molar-refractivity contribution in [1.29, 1.82) is 0 Å². The van der Waals surface area contributed by atoms with Crippen LogP contribution in [0.25, 0.3) is 0 Å². The van der Waals surface area contributed by atoms with Crippen LogP contribution in [0.4, 0.5) is 5.69 Å². The van der Waals surface area contributed by atoms with Gasteiger partial charge >= 0.3 is 0 Å². The molecule has 1 heterocycles. The Balaban J connectivity index is 2.00. The lowest BCUT2D eigenvalue weighted by Crippen LogP contribution is -1.87. The Morgan fingerprint density at radius 2 is 1.87 bits per heavy atom. The van der Waals surface area contributed by atoms with Crippen molar-refractivity contribution in [2.75, 3.05) is 11.5 Å². The maximum atomic E-state index is 10.4. The Hall–Kier alpha value is -0.450. The largest absolute Gasteiger partial charge is 0.453 e. The van der Waals surface area contributed by atoms with Crippen LogP contribution in [0.5, 0.6) is 5.75 Å². The van der Waals surface area contributed by atoms with Gasteiger partial charge in [0.2, 0.25) is 6.55 Å². The van der Waals surface area contributed by atoms with E-state index in [0.29, 0.717) is 5.75 Å². The third-order valence-corrected chi connectivity index (χ3v) is 8.22. The molecule has 0 aromatic heterocycles. The zero-order valence-electron chi connectivity index (χ0n) is 7.66. The molecular formula is C8H8NO3PS2. The highest BCUT2D eigenvalue weighted by molar-refractivity contribution is 8.88. The van der Waals surface area contributed by atoms with Crippen LogP contribution in [0.1, 0.15) is 0 Å². The molecule has 0 saturated carbocycles. The summed E-state index contributed by atoms with van der Waals surface area (Å²) in [6.07, 6.45) is 0. The summed E-state index contributed by atoms with van der Waals surface area (Å²) < 4.78 is 5.68. The first kappa shape index (κ1) is 11.0. The molecule has 1 aliphatic heterocycles. The van der Waals surface area contributed by atoms with E-state index in [1.165, 1.54) is 12.1 Å². The van der Waals surface area contributed by atoms with Gasteiger partial charge in [-0.25, -0.2) is 0 Å². The molecule has 0 radical (unpaired) electrons. The molecule has 80 valence electrons. The van der Waals surface area contributed by atoms with E-state index in [9.17, 15) is 10.1 Å². The van der Waals surface area contributed by atoms with Crippen molar-refractivity contribution in [3.05, 3.63) is 34.4 Å². The average Bonchev–Trinajstić information content (AvgIpc) is 2.71. The first-order chi connectivity index (χ1) is 7.25. The SMILES string of the molecule is O=[N+]([O-])c1ccc(OP2SCCS2)cc1. The minimum atomic E-state index is -0.483. The van der Waals surface area contributed by atoms with E-state index < -0.39 is 11.5 Å². The highest BCUT2D eigenvalue weighted by Crippen LogP contribution is 2.65. The van der Waals surface area contributed by atoms with Gasteiger partial charge in [0.1, 0.15) is 5.75 Å². The molecule has 0 bridgehead atoms. The lowest BCUT2D eigenvalue weighted by Gasteiger charge is -2.09. The van der Waals surface area contributed by atoms with E-state index in [1.54, 1.807) is 12.1 Å².